The predicted octanol–water partition coefficient (Wildman–Crippen LogP) is 5.85. The smallest absolute Gasteiger partial charge is 0.265 e. The molecule has 3 rings (SSSR count). The minimum Gasteiger partial charge on any atom is -0.489 e. The van der Waals surface area contributed by atoms with Gasteiger partial charge in [0.15, 0.2) is 0 Å². The maximum absolute atomic E-state index is 12.4. The zero-order valence-corrected chi connectivity index (χ0v) is 15.6. The van der Waals surface area contributed by atoms with E-state index in [1.165, 1.54) is 11.3 Å². The number of benzene rings is 2. The number of nitrogens with one attached hydrogen (secondary N) is 1. The number of hydrogen-bond donors (Lipinski definition) is 1. The van der Waals surface area contributed by atoms with Crippen molar-refractivity contribution < 1.29 is 9.53 Å². The van der Waals surface area contributed by atoms with Crippen LogP contribution in [0.25, 0.3) is 0 Å². The third kappa shape index (κ3) is 4.62. The van der Waals surface area contributed by atoms with Gasteiger partial charge in [-0.25, -0.2) is 0 Å². The topological polar surface area (TPSA) is 38.3 Å². The minimum atomic E-state index is -0.147. The highest BCUT2D eigenvalue weighted by molar-refractivity contribution is 7.12. The van der Waals surface area contributed by atoms with Crippen molar-refractivity contribution in [1.82, 2.24) is 0 Å². The van der Waals surface area contributed by atoms with Gasteiger partial charge in [-0.15, -0.1) is 11.3 Å². The average Bonchev–Trinajstić information content (AvgIpc) is 3.06. The third-order valence-electron chi connectivity index (χ3n) is 3.70. The number of amides is 1. The van der Waals surface area contributed by atoms with Crippen molar-refractivity contribution in [2.75, 3.05) is 5.32 Å². The van der Waals surface area contributed by atoms with Crippen LogP contribution in [0, 0.1) is 13.8 Å². The monoisotopic (exact) mass is 371 g/mol. The van der Waals surface area contributed by atoms with E-state index in [1.807, 2.05) is 61.7 Å². The largest absolute Gasteiger partial charge is 0.489 e. The first-order chi connectivity index (χ1) is 12.0. The van der Waals surface area contributed by atoms with Crippen LogP contribution in [-0.2, 0) is 6.61 Å². The number of carbonyl (C=O) groups excluding carboxylic acids is 1. The lowest BCUT2D eigenvalue weighted by atomic mass is 10.2. The van der Waals surface area contributed by atoms with E-state index in [0.29, 0.717) is 22.2 Å². The van der Waals surface area contributed by atoms with Crippen molar-refractivity contribution in [2.24, 2.45) is 0 Å². The van der Waals surface area contributed by atoms with Gasteiger partial charge < -0.3 is 10.1 Å². The Bertz CT molecular complexity index is 904. The Morgan fingerprint density at radius 2 is 2.00 bits per heavy atom. The highest BCUT2D eigenvalue weighted by atomic mass is 35.5. The van der Waals surface area contributed by atoms with Gasteiger partial charge in [0.05, 0.1) is 4.88 Å². The molecule has 0 fully saturated rings. The van der Waals surface area contributed by atoms with Crippen LogP contribution < -0.4 is 10.1 Å². The summed E-state index contributed by atoms with van der Waals surface area (Å²) in [4.78, 5) is 13.0. The molecule has 2 aromatic carbocycles. The average molecular weight is 372 g/mol. The van der Waals surface area contributed by atoms with E-state index in [2.05, 4.69) is 5.32 Å². The first-order valence-electron chi connectivity index (χ1n) is 7.85. The van der Waals surface area contributed by atoms with Crippen molar-refractivity contribution in [3.05, 3.63) is 80.5 Å². The molecule has 3 aromatic rings. The molecule has 1 amide bonds. The second kappa shape index (κ2) is 7.72. The summed E-state index contributed by atoms with van der Waals surface area (Å²) in [6.45, 7) is 4.38. The Morgan fingerprint density at radius 1 is 1.16 bits per heavy atom. The molecule has 25 heavy (non-hydrogen) atoms. The third-order valence-corrected chi connectivity index (χ3v) is 5.09. The van der Waals surface area contributed by atoms with Gasteiger partial charge in [0.1, 0.15) is 12.4 Å². The van der Waals surface area contributed by atoms with E-state index in [-0.39, 0.29) is 5.91 Å². The lowest BCUT2D eigenvalue weighted by Crippen LogP contribution is -2.10. The fourth-order valence-corrected chi connectivity index (χ4v) is 3.28. The molecule has 0 unspecified atom stereocenters. The Labute approximate surface area is 156 Å². The van der Waals surface area contributed by atoms with Gasteiger partial charge in [-0.3, -0.25) is 4.79 Å². The molecule has 128 valence electrons. The first-order valence-corrected chi connectivity index (χ1v) is 9.11. The molecule has 0 aliphatic heterocycles. The number of anilines is 1. The number of carbonyl (C=O) groups is 1. The number of halogens is 1. The molecule has 0 saturated heterocycles. The second-order valence-corrected chi connectivity index (χ2v) is 7.16. The summed E-state index contributed by atoms with van der Waals surface area (Å²) in [5.74, 6) is 0.679. The zero-order chi connectivity index (χ0) is 17.8. The number of ether oxygens (including phenoxy) is 1. The Balaban J connectivity index is 1.62. The maximum Gasteiger partial charge on any atom is 0.265 e. The van der Waals surface area contributed by atoms with E-state index in [4.69, 9.17) is 16.3 Å². The number of thiophene rings is 1. The van der Waals surface area contributed by atoms with Gasteiger partial charge in [-0.2, -0.15) is 0 Å². The first kappa shape index (κ1) is 17.5. The van der Waals surface area contributed by atoms with Crippen molar-refractivity contribution in [3.8, 4) is 5.75 Å². The molecule has 5 heteroatoms. The summed E-state index contributed by atoms with van der Waals surface area (Å²) in [5.41, 5.74) is 3.79. The highest BCUT2D eigenvalue weighted by Crippen LogP contribution is 2.23. The normalized spacial score (nSPS) is 10.5. The van der Waals surface area contributed by atoms with Gasteiger partial charge >= 0.3 is 0 Å². The van der Waals surface area contributed by atoms with E-state index >= 15 is 0 Å². The van der Waals surface area contributed by atoms with Crippen LogP contribution in [0.5, 0.6) is 5.75 Å². The van der Waals surface area contributed by atoms with Crippen molar-refractivity contribution in [1.29, 1.82) is 0 Å². The molecule has 0 spiro atoms. The minimum absolute atomic E-state index is 0.147. The standard InChI is InChI=1S/C20H18ClNO2S/c1-13-4-3-5-17(8-13)24-11-15-9-19(25-12-15)20(23)22-16-7-6-14(2)18(21)10-16/h3-10,12H,11H2,1-2H3,(H,22,23). The van der Waals surface area contributed by atoms with Crippen LogP contribution in [0.1, 0.15) is 26.4 Å². The SMILES string of the molecule is Cc1cccc(OCc2csc(C(=O)Nc3ccc(C)c(Cl)c3)c2)c1. The fraction of sp³-hybridized carbons (Fsp3) is 0.150. The predicted molar refractivity (Wildman–Crippen MR) is 104 cm³/mol. The molecule has 0 radical (unpaired) electrons. The molecule has 1 heterocycles. The van der Waals surface area contributed by atoms with Crippen LogP contribution in [0.15, 0.2) is 53.9 Å². The summed E-state index contributed by atoms with van der Waals surface area (Å²) in [6.07, 6.45) is 0. The summed E-state index contributed by atoms with van der Waals surface area (Å²) < 4.78 is 5.77. The summed E-state index contributed by atoms with van der Waals surface area (Å²) in [7, 11) is 0. The van der Waals surface area contributed by atoms with Gasteiger partial charge in [0.25, 0.3) is 5.91 Å². The van der Waals surface area contributed by atoms with E-state index in [1.54, 1.807) is 6.07 Å². The van der Waals surface area contributed by atoms with Crippen molar-refractivity contribution in [3.63, 3.8) is 0 Å². The highest BCUT2D eigenvalue weighted by Gasteiger charge is 2.10. The number of rotatable bonds is 5. The van der Waals surface area contributed by atoms with Gasteiger partial charge in [-0.1, -0.05) is 29.8 Å². The van der Waals surface area contributed by atoms with E-state index in [0.717, 1.165) is 22.4 Å². The lowest BCUT2D eigenvalue weighted by molar-refractivity contribution is 0.103. The zero-order valence-electron chi connectivity index (χ0n) is 14.0. The Hall–Kier alpha value is -2.30. The van der Waals surface area contributed by atoms with Gasteiger partial charge in [-0.05, 0) is 60.7 Å². The van der Waals surface area contributed by atoms with E-state index in [9.17, 15) is 4.79 Å². The molecule has 0 aliphatic rings. The van der Waals surface area contributed by atoms with Crippen LogP contribution in [-0.4, -0.2) is 5.91 Å². The molecule has 0 saturated carbocycles. The Morgan fingerprint density at radius 3 is 2.76 bits per heavy atom. The maximum atomic E-state index is 12.4. The molecular formula is C20H18ClNO2S. The summed E-state index contributed by atoms with van der Waals surface area (Å²) in [5, 5.41) is 5.44. The molecule has 1 aromatic heterocycles. The van der Waals surface area contributed by atoms with Gasteiger partial charge in [0, 0.05) is 16.3 Å². The Kier molecular flexibility index (Phi) is 5.41. The lowest BCUT2D eigenvalue weighted by Gasteiger charge is -2.06. The molecule has 1 N–H and O–H groups in total. The molecule has 0 bridgehead atoms. The van der Waals surface area contributed by atoms with Crippen LogP contribution in [0.4, 0.5) is 5.69 Å². The fourth-order valence-electron chi connectivity index (χ4n) is 2.31. The number of hydrogen-bond acceptors (Lipinski definition) is 3. The number of aryl methyl sites for hydroxylation is 2. The van der Waals surface area contributed by atoms with Crippen LogP contribution in [0.3, 0.4) is 0 Å². The molecular weight excluding hydrogens is 354 g/mol. The molecule has 0 aliphatic carbocycles. The second-order valence-electron chi connectivity index (χ2n) is 5.84. The van der Waals surface area contributed by atoms with Crippen molar-refractivity contribution in [2.45, 2.75) is 20.5 Å². The van der Waals surface area contributed by atoms with Crippen molar-refractivity contribution >= 4 is 34.5 Å². The molecule has 3 nitrogen and oxygen atoms in total. The van der Waals surface area contributed by atoms with E-state index < -0.39 is 0 Å². The quantitative estimate of drug-likeness (QED) is 0.610. The van der Waals surface area contributed by atoms with Crippen LogP contribution >= 0.6 is 22.9 Å². The summed E-state index contributed by atoms with van der Waals surface area (Å²) >= 11 is 7.49. The van der Waals surface area contributed by atoms with Gasteiger partial charge in [0.2, 0.25) is 0 Å². The molecule has 0 atom stereocenters. The summed E-state index contributed by atoms with van der Waals surface area (Å²) in [6, 6.07) is 15.2. The van der Waals surface area contributed by atoms with Crippen LogP contribution in [0.2, 0.25) is 5.02 Å².